The van der Waals surface area contributed by atoms with Crippen LogP contribution in [0.15, 0.2) is 24.3 Å². The molecule has 7 heteroatoms. The fourth-order valence-electron chi connectivity index (χ4n) is 3.17. The van der Waals surface area contributed by atoms with E-state index < -0.39 is 0 Å². The fourth-order valence-corrected chi connectivity index (χ4v) is 3.29. The zero-order chi connectivity index (χ0) is 18.5. The van der Waals surface area contributed by atoms with Crippen molar-refractivity contribution in [2.45, 2.75) is 20.3 Å². The number of aromatic nitrogens is 2. The second-order valence-electron chi connectivity index (χ2n) is 6.52. The minimum atomic E-state index is 0.0279. The zero-order valence-corrected chi connectivity index (χ0v) is 16.1. The van der Waals surface area contributed by atoms with Gasteiger partial charge in [-0.05, 0) is 38.1 Å². The Labute approximate surface area is 159 Å². The van der Waals surface area contributed by atoms with Crippen LogP contribution in [0.4, 0.5) is 0 Å². The number of nitrogens with one attached hydrogen (secondary N) is 1. The summed E-state index contributed by atoms with van der Waals surface area (Å²) in [6.45, 7) is 8.86. The Morgan fingerprint density at radius 1 is 1.23 bits per heavy atom. The molecule has 0 saturated carbocycles. The molecule has 1 aliphatic rings. The molecule has 1 N–H and O–H groups in total. The van der Waals surface area contributed by atoms with E-state index in [-0.39, 0.29) is 5.91 Å². The lowest BCUT2D eigenvalue weighted by Gasteiger charge is -2.26. The standard InChI is InChI=1S/C19H25ClN4O2/c1-14-18(13-19(25)21-7-8-23-9-11-26-12-10-23)15(2)24(22-14)17-5-3-16(20)4-6-17/h3-6H,7-13H2,1-2H3,(H,21,25). The Morgan fingerprint density at radius 3 is 2.62 bits per heavy atom. The third-order valence-corrected chi connectivity index (χ3v) is 4.96. The molecule has 1 fully saturated rings. The highest BCUT2D eigenvalue weighted by molar-refractivity contribution is 6.30. The summed E-state index contributed by atoms with van der Waals surface area (Å²) in [7, 11) is 0. The van der Waals surface area contributed by atoms with Gasteiger partial charge >= 0.3 is 0 Å². The topological polar surface area (TPSA) is 59.4 Å². The van der Waals surface area contributed by atoms with Gasteiger partial charge in [-0.2, -0.15) is 5.10 Å². The number of benzene rings is 1. The number of hydrogen-bond donors (Lipinski definition) is 1. The Hall–Kier alpha value is -1.89. The molecule has 0 aliphatic carbocycles. The molecule has 2 aromatic rings. The van der Waals surface area contributed by atoms with Crippen LogP contribution in [-0.4, -0.2) is 60.0 Å². The average Bonchev–Trinajstić information content (AvgIpc) is 2.91. The van der Waals surface area contributed by atoms with Gasteiger partial charge in [0.05, 0.1) is 31.0 Å². The van der Waals surface area contributed by atoms with E-state index in [0.717, 1.165) is 55.5 Å². The van der Waals surface area contributed by atoms with Gasteiger partial charge in [0.15, 0.2) is 0 Å². The molecule has 0 bridgehead atoms. The van der Waals surface area contributed by atoms with E-state index in [0.29, 0.717) is 18.0 Å². The maximum Gasteiger partial charge on any atom is 0.224 e. The number of hydrogen-bond acceptors (Lipinski definition) is 4. The number of rotatable bonds is 6. The first-order valence-electron chi connectivity index (χ1n) is 8.92. The van der Waals surface area contributed by atoms with Gasteiger partial charge in [-0.15, -0.1) is 0 Å². The first-order valence-corrected chi connectivity index (χ1v) is 9.30. The quantitative estimate of drug-likeness (QED) is 0.839. The number of ether oxygens (including phenoxy) is 1. The van der Waals surface area contributed by atoms with Crippen LogP contribution < -0.4 is 5.32 Å². The second kappa shape index (κ2) is 8.66. The highest BCUT2D eigenvalue weighted by Gasteiger charge is 2.16. The normalized spacial score (nSPS) is 15.2. The summed E-state index contributed by atoms with van der Waals surface area (Å²) in [6.07, 6.45) is 0.342. The number of morpholine rings is 1. The highest BCUT2D eigenvalue weighted by Crippen LogP contribution is 2.20. The van der Waals surface area contributed by atoms with Crippen molar-refractivity contribution in [2.24, 2.45) is 0 Å². The zero-order valence-electron chi connectivity index (χ0n) is 15.3. The largest absolute Gasteiger partial charge is 0.379 e. The Kier molecular flexibility index (Phi) is 6.29. The van der Waals surface area contributed by atoms with Crippen molar-refractivity contribution in [3.63, 3.8) is 0 Å². The third-order valence-electron chi connectivity index (χ3n) is 4.70. The minimum Gasteiger partial charge on any atom is -0.379 e. The summed E-state index contributed by atoms with van der Waals surface area (Å²) < 4.78 is 7.20. The lowest BCUT2D eigenvalue weighted by molar-refractivity contribution is -0.120. The van der Waals surface area contributed by atoms with Crippen LogP contribution in [-0.2, 0) is 16.0 Å². The van der Waals surface area contributed by atoms with Crippen molar-refractivity contribution >= 4 is 17.5 Å². The lowest BCUT2D eigenvalue weighted by atomic mass is 10.1. The Balaban J connectivity index is 1.58. The van der Waals surface area contributed by atoms with Crippen LogP contribution in [0.3, 0.4) is 0 Å². The van der Waals surface area contributed by atoms with E-state index in [1.807, 2.05) is 42.8 Å². The SMILES string of the molecule is Cc1nn(-c2ccc(Cl)cc2)c(C)c1CC(=O)NCCN1CCOCC1. The van der Waals surface area contributed by atoms with Gasteiger partial charge in [-0.1, -0.05) is 11.6 Å². The van der Waals surface area contributed by atoms with Gasteiger partial charge in [0.1, 0.15) is 0 Å². The molecule has 2 heterocycles. The van der Waals surface area contributed by atoms with Crippen LogP contribution in [0.25, 0.3) is 5.69 Å². The van der Waals surface area contributed by atoms with Crippen LogP contribution in [0.2, 0.25) is 5.02 Å². The van der Waals surface area contributed by atoms with E-state index in [4.69, 9.17) is 16.3 Å². The second-order valence-corrected chi connectivity index (χ2v) is 6.95. The van der Waals surface area contributed by atoms with Gasteiger partial charge < -0.3 is 10.1 Å². The molecule has 0 radical (unpaired) electrons. The van der Waals surface area contributed by atoms with Crippen molar-refractivity contribution in [3.8, 4) is 5.69 Å². The number of halogens is 1. The van der Waals surface area contributed by atoms with Crippen molar-refractivity contribution < 1.29 is 9.53 Å². The van der Waals surface area contributed by atoms with E-state index in [9.17, 15) is 4.79 Å². The number of carbonyl (C=O) groups is 1. The maximum atomic E-state index is 12.3. The summed E-state index contributed by atoms with van der Waals surface area (Å²) in [5, 5.41) is 8.29. The molecule has 1 amide bonds. The number of amides is 1. The first kappa shape index (κ1) is 18.9. The first-order chi connectivity index (χ1) is 12.5. The van der Waals surface area contributed by atoms with Gasteiger partial charge in [-0.3, -0.25) is 9.69 Å². The number of nitrogens with zero attached hydrogens (tertiary/aromatic N) is 3. The number of aryl methyl sites for hydroxylation is 1. The molecule has 1 aromatic heterocycles. The Morgan fingerprint density at radius 2 is 1.92 bits per heavy atom. The average molecular weight is 377 g/mol. The summed E-state index contributed by atoms with van der Waals surface area (Å²) in [6, 6.07) is 7.53. The van der Waals surface area contributed by atoms with Crippen LogP contribution >= 0.6 is 11.6 Å². The summed E-state index contributed by atoms with van der Waals surface area (Å²) in [5.74, 6) is 0.0279. The van der Waals surface area contributed by atoms with E-state index in [1.165, 1.54) is 0 Å². The molecule has 0 unspecified atom stereocenters. The van der Waals surface area contributed by atoms with Gasteiger partial charge in [0, 0.05) is 42.5 Å². The Bertz CT molecular complexity index is 752. The fraction of sp³-hybridized carbons (Fsp3) is 0.474. The molecule has 6 nitrogen and oxygen atoms in total. The van der Waals surface area contributed by atoms with Crippen molar-refractivity contribution in [1.82, 2.24) is 20.0 Å². The summed E-state index contributed by atoms with van der Waals surface area (Å²) in [5.41, 5.74) is 3.77. The molecule has 1 aliphatic heterocycles. The van der Waals surface area contributed by atoms with Gasteiger partial charge in [0.2, 0.25) is 5.91 Å². The van der Waals surface area contributed by atoms with Gasteiger partial charge in [0.25, 0.3) is 0 Å². The summed E-state index contributed by atoms with van der Waals surface area (Å²) in [4.78, 5) is 14.6. The third kappa shape index (κ3) is 4.63. The van der Waals surface area contributed by atoms with Crippen LogP contribution in [0, 0.1) is 13.8 Å². The van der Waals surface area contributed by atoms with Gasteiger partial charge in [-0.25, -0.2) is 4.68 Å². The minimum absolute atomic E-state index is 0.0279. The molecule has 140 valence electrons. The smallest absolute Gasteiger partial charge is 0.224 e. The molecule has 0 spiro atoms. The van der Waals surface area contributed by atoms with E-state index in [1.54, 1.807) is 0 Å². The molecular weight excluding hydrogens is 352 g/mol. The monoisotopic (exact) mass is 376 g/mol. The highest BCUT2D eigenvalue weighted by atomic mass is 35.5. The summed E-state index contributed by atoms with van der Waals surface area (Å²) >= 11 is 5.96. The molecule has 3 rings (SSSR count). The number of carbonyl (C=O) groups excluding carboxylic acids is 1. The predicted octanol–water partition coefficient (Wildman–Crippen LogP) is 2.13. The van der Waals surface area contributed by atoms with Crippen molar-refractivity contribution in [3.05, 3.63) is 46.2 Å². The van der Waals surface area contributed by atoms with E-state index >= 15 is 0 Å². The molecule has 1 aromatic carbocycles. The molecule has 0 atom stereocenters. The van der Waals surface area contributed by atoms with Crippen molar-refractivity contribution in [2.75, 3.05) is 39.4 Å². The molecule has 1 saturated heterocycles. The molecule has 26 heavy (non-hydrogen) atoms. The lowest BCUT2D eigenvalue weighted by Crippen LogP contribution is -2.41. The van der Waals surface area contributed by atoms with E-state index in [2.05, 4.69) is 15.3 Å². The predicted molar refractivity (Wildman–Crippen MR) is 102 cm³/mol. The molecular formula is C19H25ClN4O2. The van der Waals surface area contributed by atoms with Crippen molar-refractivity contribution in [1.29, 1.82) is 0 Å². The van der Waals surface area contributed by atoms with Crippen LogP contribution in [0.5, 0.6) is 0 Å². The maximum absolute atomic E-state index is 12.3. The van der Waals surface area contributed by atoms with Crippen LogP contribution in [0.1, 0.15) is 17.0 Å².